The average molecular weight is 446 g/mol. The van der Waals surface area contributed by atoms with E-state index in [1.54, 1.807) is 4.90 Å². The lowest BCUT2D eigenvalue weighted by Crippen LogP contribution is -2.40. The van der Waals surface area contributed by atoms with Crippen molar-refractivity contribution in [2.24, 2.45) is 0 Å². The van der Waals surface area contributed by atoms with Crippen molar-refractivity contribution in [1.82, 2.24) is 4.90 Å². The Morgan fingerprint density at radius 3 is 1.65 bits per heavy atom. The number of nitrogens with zero attached hydrogens (tertiary/aromatic N) is 1. The number of hydrogen-bond acceptors (Lipinski definition) is 3. The first-order valence-corrected chi connectivity index (χ1v) is 12.2. The molecule has 4 nitrogen and oxygen atoms in total. The number of hydrogen-bond donors (Lipinski definition) is 1. The van der Waals surface area contributed by atoms with Gasteiger partial charge in [-0.25, -0.2) is 4.79 Å². The third kappa shape index (κ3) is 30.7. The molecule has 0 aliphatic carbocycles. The van der Waals surface area contributed by atoms with Gasteiger partial charge in [0.05, 0.1) is 0 Å². The third-order valence-electron chi connectivity index (χ3n) is 3.11. The lowest BCUT2D eigenvalue weighted by Gasteiger charge is -2.31. The van der Waals surface area contributed by atoms with Gasteiger partial charge in [-0.15, -0.1) is 6.58 Å². The van der Waals surface area contributed by atoms with E-state index in [-0.39, 0.29) is 6.09 Å². The van der Waals surface area contributed by atoms with Gasteiger partial charge in [0.15, 0.2) is 0 Å². The van der Waals surface area contributed by atoms with E-state index in [4.69, 9.17) is 9.84 Å². The van der Waals surface area contributed by atoms with Crippen molar-refractivity contribution in [3.05, 3.63) is 36.5 Å². The van der Waals surface area contributed by atoms with E-state index in [9.17, 15) is 4.79 Å². The van der Waals surface area contributed by atoms with Crippen LogP contribution in [0, 0.1) is 0 Å². The molecule has 0 atom stereocenters. The minimum atomic E-state index is -0.430. The minimum absolute atomic E-state index is 0.230. The third-order valence-corrected chi connectivity index (χ3v) is 3.11. The Hall–Kier alpha value is -1.55. The maximum absolute atomic E-state index is 11.9. The summed E-state index contributed by atoms with van der Waals surface area (Å²) in [7, 11) is 1.00. The molecule has 1 aliphatic rings. The van der Waals surface area contributed by atoms with E-state index in [2.05, 4.69) is 27.0 Å². The van der Waals surface area contributed by atoms with Gasteiger partial charge in [0.1, 0.15) is 5.60 Å². The van der Waals surface area contributed by atoms with Crippen molar-refractivity contribution >= 4 is 6.09 Å². The van der Waals surface area contributed by atoms with Gasteiger partial charge in [-0.05, 0) is 45.6 Å². The zero-order valence-corrected chi connectivity index (χ0v) is 23.8. The second kappa shape index (κ2) is 35.9. The Labute approximate surface area is 197 Å². The molecule has 1 N–H and O–H groups in total. The topological polar surface area (TPSA) is 49.8 Å². The fourth-order valence-corrected chi connectivity index (χ4v) is 1.92. The van der Waals surface area contributed by atoms with Gasteiger partial charge in [0, 0.05) is 20.2 Å². The monoisotopic (exact) mass is 445 g/mol. The number of ether oxygens (including phenoxy) is 1. The highest BCUT2D eigenvalue weighted by Gasteiger charge is 2.25. The van der Waals surface area contributed by atoms with Gasteiger partial charge in [-0.1, -0.05) is 93.5 Å². The minimum Gasteiger partial charge on any atom is -0.444 e. The molecule has 0 radical (unpaired) electrons. The maximum atomic E-state index is 11.9. The predicted molar refractivity (Wildman–Crippen MR) is 144 cm³/mol. The van der Waals surface area contributed by atoms with Gasteiger partial charge in [-0.3, -0.25) is 0 Å². The second-order valence-electron chi connectivity index (χ2n) is 6.04. The molecule has 31 heavy (non-hydrogen) atoms. The summed E-state index contributed by atoms with van der Waals surface area (Å²) in [5, 5.41) is 7.00. The molecular formula is C27H59NO3. The zero-order chi connectivity index (χ0) is 26.5. The zero-order valence-electron chi connectivity index (χ0n) is 23.8. The second-order valence-corrected chi connectivity index (χ2v) is 6.04. The van der Waals surface area contributed by atoms with Crippen LogP contribution in [0.2, 0.25) is 0 Å². The summed E-state index contributed by atoms with van der Waals surface area (Å²) < 4.78 is 5.37. The van der Waals surface area contributed by atoms with Crippen LogP contribution in [-0.4, -0.2) is 41.9 Å². The molecule has 0 fully saturated rings. The first-order valence-electron chi connectivity index (χ1n) is 12.2. The Morgan fingerprint density at radius 1 is 1.00 bits per heavy atom. The Morgan fingerprint density at radius 2 is 1.39 bits per heavy atom. The fourth-order valence-electron chi connectivity index (χ4n) is 1.92. The molecule has 1 heterocycles. The van der Waals surface area contributed by atoms with Crippen molar-refractivity contribution in [1.29, 1.82) is 0 Å². The van der Waals surface area contributed by atoms with Crippen molar-refractivity contribution in [3.63, 3.8) is 0 Å². The Balaban J connectivity index is -0.0000000936. The number of carbonyl (C=O) groups excluding carboxylic acids is 1. The molecule has 0 bridgehead atoms. The van der Waals surface area contributed by atoms with Crippen LogP contribution in [0.3, 0.4) is 0 Å². The van der Waals surface area contributed by atoms with Gasteiger partial charge in [0.2, 0.25) is 0 Å². The summed E-state index contributed by atoms with van der Waals surface area (Å²) in [6, 6.07) is 0. The van der Waals surface area contributed by atoms with Crippen LogP contribution < -0.4 is 0 Å². The van der Waals surface area contributed by atoms with Gasteiger partial charge in [-0.2, -0.15) is 0 Å². The number of aliphatic hydroxyl groups is 1. The number of amides is 1. The molecular weight excluding hydrogens is 386 g/mol. The first kappa shape index (κ1) is 43.3. The molecule has 0 aromatic carbocycles. The molecule has 0 unspecified atom stereocenters. The van der Waals surface area contributed by atoms with Crippen LogP contribution in [-0.2, 0) is 4.74 Å². The van der Waals surface area contributed by atoms with Crippen molar-refractivity contribution in [2.45, 2.75) is 115 Å². The Bertz CT molecular complexity index is 394. The number of carbonyl (C=O) groups is 1. The SMILES string of the molecule is C=CC1=C(CC)CCN(C(=O)OC(C)(C)C)C1.C=CCC.CC.CC.CC.CC.CO. The van der Waals surface area contributed by atoms with E-state index in [0.29, 0.717) is 6.54 Å². The summed E-state index contributed by atoms with van der Waals surface area (Å²) in [4.78, 5) is 13.7. The van der Waals surface area contributed by atoms with E-state index >= 15 is 0 Å². The quantitative estimate of drug-likeness (QED) is 0.441. The van der Waals surface area contributed by atoms with E-state index in [1.807, 2.05) is 88.3 Å². The molecule has 0 aromatic heterocycles. The summed E-state index contributed by atoms with van der Waals surface area (Å²) in [6.07, 6.45) is 6.54. The van der Waals surface area contributed by atoms with Gasteiger partial charge < -0.3 is 14.7 Å². The van der Waals surface area contributed by atoms with Crippen LogP contribution in [0.5, 0.6) is 0 Å². The predicted octanol–water partition coefficient (Wildman–Crippen LogP) is 8.82. The highest BCUT2D eigenvalue weighted by Crippen LogP contribution is 2.22. The highest BCUT2D eigenvalue weighted by molar-refractivity contribution is 5.69. The Kier molecular flexibility index (Phi) is 50.1. The molecule has 0 spiro atoms. The first-order chi connectivity index (χ1) is 14.8. The summed E-state index contributed by atoms with van der Waals surface area (Å²) >= 11 is 0. The highest BCUT2D eigenvalue weighted by atomic mass is 16.6. The normalized spacial score (nSPS) is 11.1. The van der Waals surface area contributed by atoms with E-state index in [1.165, 1.54) is 11.1 Å². The van der Waals surface area contributed by atoms with Crippen molar-refractivity contribution in [2.75, 3.05) is 20.2 Å². The maximum Gasteiger partial charge on any atom is 0.410 e. The average Bonchev–Trinajstić information content (AvgIpc) is 2.84. The van der Waals surface area contributed by atoms with Crippen molar-refractivity contribution < 1.29 is 14.6 Å². The smallest absolute Gasteiger partial charge is 0.410 e. The van der Waals surface area contributed by atoms with Crippen molar-refractivity contribution in [3.8, 4) is 0 Å². The van der Waals surface area contributed by atoms with E-state index < -0.39 is 5.60 Å². The van der Waals surface area contributed by atoms with Crippen LogP contribution in [0.25, 0.3) is 0 Å². The molecule has 4 heteroatoms. The molecule has 1 aliphatic heterocycles. The summed E-state index contributed by atoms with van der Waals surface area (Å²) in [6.45, 7) is 34.5. The number of rotatable bonds is 3. The lowest BCUT2D eigenvalue weighted by molar-refractivity contribution is 0.0261. The standard InChI is InChI=1S/C14H23NO2.C4H8.4C2H6.CH4O/c1-6-11-8-9-15(10-12(11)7-2)13(16)17-14(3,4)5;1-3-4-2;5*1-2/h7H,2,6,8-10H2,1,3-5H3;3H,1,4H2,2H3;4*1-2H3;2H,1H3. The number of aliphatic hydroxyl groups excluding tert-OH is 1. The van der Waals surface area contributed by atoms with Crippen LogP contribution in [0.1, 0.15) is 109 Å². The molecule has 1 rings (SSSR count). The molecule has 1 amide bonds. The molecule has 190 valence electrons. The molecule has 0 saturated carbocycles. The largest absolute Gasteiger partial charge is 0.444 e. The van der Waals surface area contributed by atoms with Crippen LogP contribution in [0.4, 0.5) is 4.79 Å². The van der Waals surface area contributed by atoms with Crippen LogP contribution in [0.15, 0.2) is 36.5 Å². The summed E-state index contributed by atoms with van der Waals surface area (Å²) in [5.74, 6) is 0. The number of allylic oxidation sites excluding steroid dienone is 1. The van der Waals surface area contributed by atoms with Gasteiger partial charge >= 0.3 is 6.09 Å². The van der Waals surface area contributed by atoms with Gasteiger partial charge in [0.25, 0.3) is 0 Å². The van der Waals surface area contributed by atoms with E-state index in [0.717, 1.165) is 32.9 Å². The van der Waals surface area contributed by atoms with Crippen LogP contribution >= 0.6 is 0 Å². The molecule has 0 aromatic rings. The molecule has 0 saturated heterocycles. The summed E-state index contributed by atoms with van der Waals surface area (Å²) in [5.41, 5.74) is 2.14. The fraction of sp³-hybridized carbons (Fsp3) is 0.741. The lowest BCUT2D eigenvalue weighted by atomic mass is 9.98.